The van der Waals surface area contributed by atoms with Crippen molar-refractivity contribution in [2.75, 3.05) is 6.54 Å². The molecule has 0 bridgehead atoms. The molecule has 0 aromatic rings. The van der Waals surface area contributed by atoms with Gasteiger partial charge in [0.2, 0.25) is 0 Å². The molecular weight excluding hydrogens is 173 g/mol. The standard InChI is InChI=1S/C4H4NO5P/c6-2-3-1-5(4(3)7)11(8,9)10/h1H2,(H2,8,9,10). The summed E-state index contributed by atoms with van der Waals surface area (Å²) < 4.78 is 10.7. The molecule has 0 spiro atoms. The number of amides is 1. The zero-order valence-corrected chi connectivity index (χ0v) is 6.12. The first-order valence-corrected chi connectivity index (χ1v) is 4.15. The summed E-state index contributed by atoms with van der Waals surface area (Å²) in [5.74, 6) is 0.349. The maximum atomic E-state index is 10.6. The second kappa shape index (κ2) is 2.29. The number of β-lactam (4-membered cyclic amide) rings is 1. The van der Waals surface area contributed by atoms with Gasteiger partial charge in [-0.15, -0.1) is 0 Å². The van der Waals surface area contributed by atoms with Gasteiger partial charge in [-0.25, -0.2) is 14.0 Å². The van der Waals surface area contributed by atoms with Gasteiger partial charge in [-0.1, -0.05) is 0 Å². The van der Waals surface area contributed by atoms with Crippen molar-refractivity contribution in [1.29, 1.82) is 0 Å². The van der Waals surface area contributed by atoms with Crippen LogP contribution in [-0.2, 0) is 14.2 Å². The lowest BCUT2D eigenvalue weighted by molar-refractivity contribution is -0.127. The van der Waals surface area contributed by atoms with Gasteiger partial charge in [0.1, 0.15) is 11.5 Å². The zero-order chi connectivity index (χ0) is 8.65. The summed E-state index contributed by atoms with van der Waals surface area (Å²) in [6, 6.07) is 0. The van der Waals surface area contributed by atoms with Crippen LogP contribution in [-0.4, -0.2) is 32.9 Å². The van der Waals surface area contributed by atoms with Crippen LogP contribution in [0.25, 0.3) is 0 Å². The molecule has 7 heteroatoms. The lowest BCUT2D eigenvalue weighted by Crippen LogP contribution is -2.43. The number of hydrogen-bond donors (Lipinski definition) is 2. The third-order valence-corrected chi connectivity index (χ3v) is 2.19. The fourth-order valence-electron chi connectivity index (χ4n) is 0.640. The average molecular weight is 177 g/mol. The molecule has 0 saturated carbocycles. The average Bonchev–Trinajstić information content (AvgIpc) is 1.83. The van der Waals surface area contributed by atoms with Gasteiger partial charge < -0.3 is 9.79 Å². The van der Waals surface area contributed by atoms with Crippen LogP contribution in [0.15, 0.2) is 5.57 Å². The molecule has 1 heterocycles. The van der Waals surface area contributed by atoms with E-state index in [-0.39, 0.29) is 12.1 Å². The summed E-state index contributed by atoms with van der Waals surface area (Å²) in [5, 5.41) is 0. The van der Waals surface area contributed by atoms with Crippen LogP contribution in [0.2, 0.25) is 0 Å². The van der Waals surface area contributed by atoms with Crippen molar-refractivity contribution >= 4 is 19.6 Å². The maximum Gasteiger partial charge on any atom is 0.432 e. The second-order valence-corrected chi connectivity index (χ2v) is 3.47. The molecule has 0 atom stereocenters. The van der Waals surface area contributed by atoms with Gasteiger partial charge in [0.15, 0.2) is 0 Å². The van der Waals surface area contributed by atoms with Gasteiger partial charge in [0.25, 0.3) is 5.91 Å². The molecule has 11 heavy (non-hydrogen) atoms. The molecule has 2 N–H and O–H groups in total. The molecule has 6 nitrogen and oxygen atoms in total. The van der Waals surface area contributed by atoms with Crippen molar-refractivity contribution in [1.82, 2.24) is 4.67 Å². The van der Waals surface area contributed by atoms with E-state index >= 15 is 0 Å². The Kier molecular flexibility index (Phi) is 1.70. The third kappa shape index (κ3) is 1.25. The summed E-state index contributed by atoms with van der Waals surface area (Å²) >= 11 is 0. The van der Waals surface area contributed by atoms with E-state index in [2.05, 4.69) is 0 Å². The van der Waals surface area contributed by atoms with Crippen LogP contribution < -0.4 is 0 Å². The largest absolute Gasteiger partial charge is 0.432 e. The Morgan fingerprint density at radius 3 is 2.36 bits per heavy atom. The molecule has 1 amide bonds. The normalized spacial score (nSPS) is 17.8. The molecule has 1 saturated heterocycles. The van der Waals surface area contributed by atoms with Crippen LogP contribution in [0, 0.1) is 0 Å². The summed E-state index contributed by atoms with van der Waals surface area (Å²) in [6.45, 7) is -0.313. The minimum Gasteiger partial charge on any atom is -0.308 e. The first kappa shape index (κ1) is 8.17. The van der Waals surface area contributed by atoms with E-state index in [1.54, 1.807) is 0 Å². The maximum absolute atomic E-state index is 10.6. The quantitative estimate of drug-likeness (QED) is 0.224. The third-order valence-electron chi connectivity index (χ3n) is 1.24. The Morgan fingerprint density at radius 1 is 1.55 bits per heavy atom. The molecule has 0 aromatic carbocycles. The van der Waals surface area contributed by atoms with Gasteiger partial charge >= 0.3 is 7.75 Å². The predicted octanol–water partition coefficient (Wildman–Crippen LogP) is -1.32. The van der Waals surface area contributed by atoms with Crippen LogP contribution in [0.5, 0.6) is 0 Å². The molecule has 60 valence electrons. The Bertz CT molecular complexity index is 298. The molecule has 0 unspecified atom stereocenters. The van der Waals surface area contributed by atoms with Crippen molar-refractivity contribution in [2.24, 2.45) is 0 Å². The van der Waals surface area contributed by atoms with Crippen molar-refractivity contribution < 1.29 is 23.9 Å². The van der Waals surface area contributed by atoms with Crippen LogP contribution >= 0.6 is 7.75 Å². The van der Waals surface area contributed by atoms with E-state index in [9.17, 15) is 14.2 Å². The van der Waals surface area contributed by atoms with Crippen molar-refractivity contribution in [2.45, 2.75) is 0 Å². The number of rotatable bonds is 1. The molecule has 1 aliphatic heterocycles. The number of carbonyl (C=O) groups is 1. The predicted molar refractivity (Wildman–Crippen MR) is 33.0 cm³/mol. The first-order chi connectivity index (χ1) is 4.96. The molecular formula is C4H4NO5P. The Hall–Kier alpha value is -0.930. The van der Waals surface area contributed by atoms with E-state index in [4.69, 9.17) is 9.79 Å². The van der Waals surface area contributed by atoms with E-state index in [0.717, 1.165) is 0 Å². The van der Waals surface area contributed by atoms with E-state index in [1.807, 2.05) is 0 Å². The Balaban J connectivity index is 2.82. The van der Waals surface area contributed by atoms with Gasteiger partial charge in [-0.05, 0) is 0 Å². The minimum absolute atomic E-state index is 0.228. The highest BCUT2D eigenvalue weighted by molar-refractivity contribution is 7.50. The van der Waals surface area contributed by atoms with E-state index in [1.165, 1.54) is 5.94 Å². The monoisotopic (exact) mass is 177 g/mol. The summed E-state index contributed by atoms with van der Waals surface area (Å²) in [6.07, 6.45) is 0. The summed E-state index contributed by atoms with van der Waals surface area (Å²) in [7, 11) is -4.49. The zero-order valence-electron chi connectivity index (χ0n) is 5.22. The van der Waals surface area contributed by atoms with Crippen LogP contribution in [0.4, 0.5) is 0 Å². The summed E-state index contributed by atoms with van der Waals surface area (Å²) in [4.78, 5) is 37.2. The van der Waals surface area contributed by atoms with Gasteiger partial charge in [-0.3, -0.25) is 4.79 Å². The molecule has 0 aliphatic carbocycles. The number of carbonyl (C=O) groups excluding carboxylic acids is 2. The molecule has 1 fully saturated rings. The van der Waals surface area contributed by atoms with Crippen molar-refractivity contribution in [3.8, 4) is 0 Å². The fraction of sp³-hybridized carbons (Fsp3) is 0.250. The van der Waals surface area contributed by atoms with E-state index in [0.29, 0.717) is 4.67 Å². The molecule has 1 aliphatic rings. The molecule has 1 rings (SSSR count). The fourth-order valence-corrected chi connectivity index (χ4v) is 1.32. The molecule has 0 aromatic heterocycles. The highest BCUT2D eigenvalue weighted by atomic mass is 31.2. The van der Waals surface area contributed by atoms with E-state index < -0.39 is 13.7 Å². The second-order valence-electron chi connectivity index (χ2n) is 1.96. The highest BCUT2D eigenvalue weighted by Crippen LogP contribution is 2.45. The number of nitrogens with zero attached hydrogens (tertiary/aromatic N) is 1. The first-order valence-electron chi connectivity index (χ1n) is 2.58. The lowest BCUT2D eigenvalue weighted by Gasteiger charge is -2.30. The summed E-state index contributed by atoms with van der Waals surface area (Å²) in [5.41, 5.74) is -0.228. The Labute approximate surface area is 61.3 Å². The smallest absolute Gasteiger partial charge is 0.308 e. The van der Waals surface area contributed by atoms with Crippen molar-refractivity contribution in [3.63, 3.8) is 0 Å². The minimum atomic E-state index is -4.49. The van der Waals surface area contributed by atoms with Crippen molar-refractivity contribution in [3.05, 3.63) is 5.57 Å². The van der Waals surface area contributed by atoms with Gasteiger partial charge in [0.05, 0.1) is 6.54 Å². The topological polar surface area (TPSA) is 94.9 Å². The highest BCUT2D eigenvalue weighted by Gasteiger charge is 2.42. The Morgan fingerprint density at radius 2 is 2.09 bits per heavy atom. The van der Waals surface area contributed by atoms with Crippen LogP contribution in [0.3, 0.4) is 0 Å². The van der Waals surface area contributed by atoms with Gasteiger partial charge in [-0.2, -0.15) is 0 Å². The SMILES string of the molecule is O=C=C1CN(P(=O)(O)O)C1=O. The molecule has 0 radical (unpaired) electrons. The van der Waals surface area contributed by atoms with Gasteiger partial charge in [0, 0.05) is 0 Å². The van der Waals surface area contributed by atoms with Crippen LogP contribution in [0.1, 0.15) is 0 Å². The number of hydrogen-bond acceptors (Lipinski definition) is 3. The lowest BCUT2D eigenvalue weighted by atomic mass is 10.2.